The molecule has 8 heteroatoms. The highest BCUT2D eigenvalue weighted by molar-refractivity contribution is 5.35. The van der Waals surface area contributed by atoms with Crippen LogP contribution in [0.1, 0.15) is 5.56 Å². The van der Waals surface area contributed by atoms with Gasteiger partial charge in [-0.25, -0.2) is 0 Å². The summed E-state index contributed by atoms with van der Waals surface area (Å²) < 4.78 is 44.7. The summed E-state index contributed by atoms with van der Waals surface area (Å²) in [5.41, 5.74) is -0.864. The Hall–Kier alpha value is -2.09. The van der Waals surface area contributed by atoms with E-state index in [1.165, 1.54) is 35.4 Å². The van der Waals surface area contributed by atoms with E-state index in [1.54, 1.807) is 0 Å². The predicted molar refractivity (Wildman–Crippen MR) is 63.0 cm³/mol. The number of hydrogen-bond donors (Lipinski definition) is 1. The Morgan fingerprint density at radius 2 is 1.85 bits per heavy atom. The minimum Gasteiger partial charge on any atom is -0.490 e. The third-order valence-corrected chi connectivity index (χ3v) is 2.51. The van der Waals surface area contributed by atoms with E-state index in [1.807, 2.05) is 0 Å². The molecule has 2 rings (SSSR count). The molecule has 5 nitrogen and oxygen atoms in total. The second kappa shape index (κ2) is 5.91. The maximum absolute atomic E-state index is 12.7. The van der Waals surface area contributed by atoms with Gasteiger partial charge in [-0.05, 0) is 12.1 Å². The van der Waals surface area contributed by atoms with Gasteiger partial charge in [0.05, 0.1) is 12.1 Å². The Morgan fingerprint density at radius 3 is 2.50 bits per heavy atom. The van der Waals surface area contributed by atoms with Crippen LogP contribution in [0.2, 0.25) is 0 Å². The third kappa shape index (κ3) is 3.70. The summed E-state index contributed by atoms with van der Waals surface area (Å²) in [5, 5.41) is 16.8. The van der Waals surface area contributed by atoms with Crippen LogP contribution >= 0.6 is 0 Å². The van der Waals surface area contributed by atoms with Gasteiger partial charge in [0.25, 0.3) is 0 Å². The van der Waals surface area contributed by atoms with Gasteiger partial charge < -0.3 is 14.4 Å². The number of benzene rings is 1. The quantitative estimate of drug-likeness (QED) is 0.910. The van der Waals surface area contributed by atoms with Gasteiger partial charge in [-0.1, -0.05) is 12.1 Å². The number of para-hydroxylation sites is 1. The first kappa shape index (κ1) is 14.3. The molecule has 1 atom stereocenters. The van der Waals surface area contributed by atoms with E-state index in [0.717, 1.165) is 6.07 Å². The lowest BCUT2D eigenvalue weighted by Gasteiger charge is -2.16. The van der Waals surface area contributed by atoms with Crippen LogP contribution in [-0.2, 0) is 12.7 Å². The van der Waals surface area contributed by atoms with Gasteiger partial charge in [0, 0.05) is 0 Å². The Balaban J connectivity index is 1.97. The molecule has 0 aliphatic carbocycles. The number of aliphatic hydroxyl groups is 1. The van der Waals surface area contributed by atoms with Crippen molar-refractivity contribution in [2.75, 3.05) is 6.61 Å². The maximum Gasteiger partial charge on any atom is 0.419 e. The topological polar surface area (TPSA) is 60.2 Å². The molecule has 0 saturated heterocycles. The highest BCUT2D eigenvalue weighted by Gasteiger charge is 2.34. The van der Waals surface area contributed by atoms with Crippen LogP contribution in [-0.4, -0.2) is 32.6 Å². The van der Waals surface area contributed by atoms with Gasteiger partial charge >= 0.3 is 6.18 Å². The molecular formula is C12H12F3N3O2. The fourth-order valence-corrected chi connectivity index (χ4v) is 1.63. The van der Waals surface area contributed by atoms with Gasteiger partial charge in [-0.2, -0.15) is 13.2 Å². The molecule has 1 aromatic heterocycles. The van der Waals surface area contributed by atoms with Gasteiger partial charge in [-0.15, -0.1) is 10.2 Å². The number of halogens is 3. The number of aromatic nitrogens is 3. The minimum absolute atomic E-state index is 0.140. The molecule has 1 N–H and O–H groups in total. The molecule has 0 unspecified atom stereocenters. The lowest BCUT2D eigenvalue weighted by molar-refractivity contribution is -0.139. The number of alkyl halides is 3. The summed E-state index contributed by atoms with van der Waals surface area (Å²) in [6.07, 6.45) is -2.66. The Morgan fingerprint density at radius 1 is 1.20 bits per heavy atom. The average molecular weight is 287 g/mol. The molecule has 0 spiro atoms. The predicted octanol–water partition coefficient (Wildman–Crippen LogP) is 1.74. The standard InChI is InChI=1S/C12H12F3N3O2/c13-12(14,15)10-3-1-2-4-11(10)20-6-9(19)5-18-7-16-17-8-18/h1-4,7-9,19H,5-6H2/t9-/m0/s1. The molecule has 0 aliphatic rings. The Bertz CT molecular complexity index is 543. The Labute approximate surface area is 112 Å². The molecule has 0 fully saturated rings. The summed E-state index contributed by atoms with van der Waals surface area (Å²) in [6.45, 7) is -0.119. The maximum atomic E-state index is 12.7. The van der Waals surface area contributed by atoms with E-state index in [2.05, 4.69) is 10.2 Å². The number of ether oxygens (including phenoxy) is 1. The minimum atomic E-state index is -4.49. The smallest absolute Gasteiger partial charge is 0.419 e. The molecular weight excluding hydrogens is 275 g/mol. The third-order valence-electron chi connectivity index (χ3n) is 2.51. The van der Waals surface area contributed by atoms with E-state index in [4.69, 9.17) is 4.74 Å². The van der Waals surface area contributed by atoms with Crippen molar-refractivity contribution in [1.29, 1.82) is 0 Å². The first-order chi connectivity index (χ1) is 9.47. The molecule has 2 aromatic rings. The number of hydrogen-bond acceptors (Lipinski definition) is 4. The molecule has 0 bridgehead atoms. The van der Waals surface area contributed by atoms with Crippen molar-refractivity contribution in [3.8, 4) is 5.75 Å². The van der Waals surface area contributed by atoms with Crippen molar-refractivity contribution < 1.29 is 23.0 Å². The SMILES string of the molecule is O[C@H](COc1ccccc1C(F)(F)F)Cn1cnnc1. The summed E-state index contributed by atoms with van der Waals surface area (Å²) in [6, 6.07) is 4.87. The summed E-state index contributed by atoms with van der Waals surface area (Å²) in [4.78, 5) is 0. The highest BCUT2D eigenvalue weighted by Crippen LogP contribution is 2.35. The normalized spacial score (nSPS) is 13.2. The van der Waals surface area contributed by atoms with E-state index >= 15 is 0 Å². The monoisotopic (exact) mass is 287 g/mol. The van der Waals surface area contributed by atoms with Gasteiger partial charge in [-0.3, -0.25) is 0 Å². The second-order valence-corrected chi connectivity index (χ2v) is 4.12. The zero-order valence-electron chi connectivity index (χ0n) is 10.3. The second-order valence-electron chi connectivity index (χ2n) is 4.12. The van der Waals surface area contributed by atoms with Crippen molar-refractivity contribution in [3.63, 3.8) is 0 Å². The Kier molecular flexibility index (Phi) is 4.23. The first-order valence-corrected chi connectivity index (χ1v) is 5.76. The molecule has 1 heterocycles. The van der Waals surface area contributed by atoms with E-state index in [9.17, 15) is 18.3 Å². The fourth-order valence-electron chi connectivity index (χ4n) is 1.63. The first-order valence-electron chi connectivity index (χ1n) is 5.76. The van der Waals surface area contributed by atoms with Crippen molar-refractivity contribution in [2.24, 2.45) is 0 Å². The van der Waals surface area contributed by atoms with Crippen molar-refractivity contribution in [2.45, 2.75) is 18.8 Å². The lowest BCUT2D eigenvalue weighted by Crippen LogP contribution is -2.23. The molecule has 0 amide bonds. The van der Waals surface area contributed by atoms with Gasteiger partial charge in [0.15, 0.2) is 0 Å². The van der Waals surface area contributed by atoms with Crippen molar-refractivity contribution >= 4 is 0 Å². The average Bonchev–Trinajstić information content (AvgIpc) is 2.88. The molecule has 108 valence electrons. The van der Waals surface area contributed by atoms with Crippen LogP contribution in [0.15, 0.2) is 36.9 Å². The number of aliphatic hydroxyl groups excluding tert-OH is 1. The zero-order chi connectivity index (χ0) is 14.6. The fraction of sp³-hybridized carbons (Fsp3) is 0.333. The summed E-state index contributed by atoms with van der Waals surface area (Å²) in [5.74, 6) is -0.303. The van der Waals surface area contributed by atoms with Gasteiger partial charge in [0.1, 0.15) is 31.1 Å². The zero-order valence-corrected chi connectivity index (χ0v) is 10.3. The highest BCUT2D eigenvalue weighted by atomic mass is 19.4. The van der Waals surface area contributed by atoms with Crippen molar-refractivity contribution in [1.82, 2.24) is 14.8 Å². The van der Waals surface area contributed by atoms with Crippen LogP contribution < -0.4 is 4.74 Å². The van der Waals surface area contributed by atoms with E-state index in [0.29, 0.717) is 0 Å². The number of rotatable bonds is 5. The van der Waals surface area contributed by atoms with E-state index in [-0.39, 0.29) is 18.9 Å². The molecule has 0 saturated carbocycles. The summed E-state index contributed by atoms with van der Waals surface area (Å²) >= 11 is 0. The van der Waals surface area contributed by atoms with Gasteiger partial charge in [0.2, 0.25) is 0 Å². The largest absolute Gasteiger partial charge is 0.490 e. The van der Waals surface area contributed by atoms with Crippen LogP contribution in [0.4, 0.5) is 13.2 Å². The van der Waals surface area contributed by atoms with Crippen molar-refractivity contribution in [3.05, 3.63) is 42.5 Å². The lowest BCUT2D eigenvalue weighted by atomic mass is 10.2. The van der Waals surface area contributed by atoms with Crippen LogP contribution in [0.3, 0.4) is 0 Å². The molecule has 0 aliphatic heterocycles. The van der Waals surface area contributed by atoms with E-state index < -0.39 is 17.8 Å². The van der Waals surface area contributed by atoms with Crippen LogP contribution in [0.25, 0.3) is 0 Å². The molecule has 20 heavy (non-hydrogen) atoms. The summed E-state index contributed by atoms with van der Waals surface area (Å²) in [7, 11) is 0. The van der Waals surface area contributed by atoms with Crippen LogP contribution in [0, 0.1) is 0 Å². The number of nitrogens with zero attached hydrogens (tertiary/aromatic N) is 3. The molecule has 1 aromatic carbocycles. The van der Waals surface area contributed by atoms with Crippen LogP contribution in [0.5, 0.6) is 5.75 Å². The molecule has 0 radical (unpaired) electrons.